The van der Waals surface area contributed by atoms with E-state index in [9.17, 15) is 13.2 Å². The number of sulfonamides is 1. The highest BCUT2D eigenvalue weighted by Gasteiger charge is 2.24. The molecule has 0 fully saturated rings. The molecular formula is C21H20BrN3O3S. The summed E-state index contributed by atoms with van der Waals surface area (Å²) in [5, 5.41) is 2.93. The Morgan fingerprint density at radius 3 is 2.21 bits per heavy atom. The van der Waals surface area contributed by atoms with Crippen molar-refractivity contribution in [3.63, 3.8) is 0 Å². The third-order valence-corrected chi connectivity index (χ3v) is 6.71. The number of benzene rings is 2. The number of nitrogens with one attached hydrogen (secondary N) is 1. The average Bonchev–Trinajstić information content (AvgIpc) is 2.73. The van der Waals surface area contributed by atoms with Crippen molar-refractivity contribution < 1.29 is 13.2 Å². The van der Waals surface area contributed by atoms with Gasteiger partial charge in [0, 0.05) is 23.9 Å². The van der Waals surface area contributed by atoms with Crippen LogP contribution in [0.5, 0.6) is 0 Å². The molecule has 0 spiro atoms. The van der Waals surface area contributed by atoms with Crippen LogP contribution in [0.3, 0.4) is 0 Å². The standard InChI is InChI=1S/C21H20BrN3O3S/c1-25(29(27,28)19-9-7-18(22)8-10-19)15-20(26)24-21(16-5-3-2-4-6-16)17-11-13-23-14-12-17/h2-14,21H,15H2,1H3,(H,24,26). The number of hydrogen-bond donors (Lipinski definition) is 1. The highest BCUT2D eigenvalue weighted by atomic mass is 79.9. The van der Waals surface area contributed by atoms with Crippen LogP contribution in [0.15, 0.2) is 88.5 Å². The van der Waals surface area contributed by atoms with Crippen LogP contribution in [-0.4, -0.2) is 37.2 Å². The zero-order valence-corrected chi connectivity index (χ0v) is 18.1. The van der Waals surface area contributed by atoms with Crippen LogP contribution < -0.4 is 5.32 Å². The highest BCUT2D eigenvalue weighted by molar-refractivity contribution is 9.10. The first-order valence-electron chi connectivity index (χ1n) is 8.84. The molecule has 0 bridgehead atoms. The van der Waals surface area contributed by atoms with Crippen molar-refractivity contribution >= 4 is 31.9 Å². The third kappa shape index (κ3) is 5.29. The fraction of sp³-hybridized carbons (Fsp3) is 0.143. The summed E-state index contributed by atoms with van der Waals surface area (Å²) in [5.74, 6) is -0.404. The molecule has 8 heteroatoms. The van der Waals surface area contributed by atoms with Gasteiger partial charge in [-0.25, -0.2) is 8.42 Å². The number of nitrogens with zero attached hydrogens (tertiary/aromatic N) is 2. The first-order valence-corrected chi connectivity index (χ1v) is 11.1. The van der Waals surface area contributed by atoms with Crippen LogP contribution in [0.1, 0.15) is 17.2 Å². The SMILES string of the molecule is CN(CC(=O)NC(c1ccccc1)c1ccncc1)S(=O)(=O)c1ccc(Br)cc1. The van der Waals surface area contributed by atoms with Gasteiger partial charge in [0.15, 0.2) is 0 Å². The lowest BCUT2D eigenvalue weighted by Gasteiger charge is -2.22. The minimum atomic E-state index is -3.77. The number of carbonyl (C=O) groups excluding carboxylic acids is 1. The molecule has 1 unspecified atom stereocenters. The molecule has 2 aromatic carbocycles. The van der Waals surface area contributed by atoms with Crippen LogP contribution in [-0.2, 0) is 14.8 Å². The van der Waals surface area contributed by atoms with E-state index in [2.05, 4.69) is 26.2 Å². The van der Waals surface area contributed by atoms with Crippen LogP contribution >= 0.6 is 15.9 Å². The Hall–Kier alpha value is -2.55. The minimum Gasteiger partial charge on any atom is -0.344 e. The maximum Gasteiger partial charge on any atom is 0.243 e. The second kappa shape index (κ2) is 9.30. The number of carbonyl (C=O) groups is 1. The van der Waals surface area contributed by atoms with Gasteiger partial charge in [0.25, 0.3) is 0 Å². The first-order chi connectivity index (χ1) is 13.9. The van der Waals surface area contributed by atoms with Gasteiger partial charge >= 0.3 is 0 Å². The molecule has 0 aliphatic carbocycles. The predicted molar refractivity (Wildman–Crippen MR) is 115 cm³/mol. The molecule has 1 aromatic heterocycles. The average molecular weight is 474 g/mol. The van der Waals surface area contributed by atoms with Crippen molar-refractivity contribution in [3.05, 3.63) is 94.7 Å². The lowest BCUT2D eigenvalue weighted by Crippen LogP contribution is -2.40. The van der Waals surface area contributed by atoms with Crippen LogP contribution in [0.2, 0.25) is 0 Å². The van der Waals surface area contributed by atoms with E-state index in [-0.39, 0.29) is 11.4 Å². The van der Waals surface area contributed by atoms with E-state index in [0.717, 1.165) is 19.9 Å². The predicted octanol–water partition coefficient (Wildman–Crippen LogP) is 3.37. The Morgan fingerprint density at radius 1 is 1.00 bits per heavy atom. The molecule has 150 valence electrons. The Kier molecular flexibility index (Phi) is 6.79. The largest absolute Gasteiger partial charge is 0.344 e. The normalized spacial score (nSPS) is 12.5. The summed E-state index contributed by atoms with van der Waals surface area (Å²) in [4.78, 5) is 16.8. The number of rotatable bonds is 7. The minimum absolute atomic E-state index is 0.129. The van der Waals surface area contributed by atoms with Crippen molar-refractivity contribution in [2.45, 2.75) is 10.9 Å². The lowest BCUT2D eigenvalue weighted by atomic mass is 10.00. The first kappa shape index (κ1) is 21.2. The summed E-state index contributed by atoms with van der Waals surface area (Å²) in [7, 11) is -2.38. The van der Waals surface area contributed by atoms with Crippen molar-refractivity contribution in [2.24, 2.45) is 0 Å². The van der Waals surface area contributed by atoms with Crippen molar-refractivity contribution in [1.82, 2.24) is 14.6 Å². The Morgan fingerprint density at radius 2 is 1.59 bits per heavy atom. The number of halogens is 1. The second-order valence-electron chi connectivity index (χ2n) is 6.41. The summed E-state index contributed by atoms with van der Waals surface area (Å²) < 4.78 is 27.3. The van der Waals surface area contributed by atoms with E-state index in [1.54, 1.807) is 24.5 Å². The summed E-state index contributed by atoms with van der Waals surface area (Å²) in [6.07, 6.45) is 3.31. The molecule has 6 nitrogen and oxygen atoms in total. The number of likely N-dealkylation sites (N-methyl/N-ethyl adjacent to an activating group) is 1. The lowest BCUT2D eigenvalue weighted by molar-refractivity contribution is -0.121. The maximum atomic E-state index is 12.7. The van der Waals surface area contributed by atoms with Gasteiger partial charge in [-0.3, -0.25) is 9.78 Å². The van der Waals surface area contributed by atoms with E-state index >= 15 is 0 Å². The molecule has 3 aromatic rings. The summed E-state index contributed by atoms with van der Waals surface area (Å²) in [6, 6.07) is 19.0. The van der Waals surface area contributed by atoms with Gasteiger partial charge in [-0.2, -0.15) is 4.31 Å². The second-order valence-corrected chi connectivity index (χ2v) is 9.37. The molecule has 0 saturated carbocycles. The van der Waals surface area contributed by atoms with Gasteiger partial charge in [0.2, 0.25) is 15.9 Å². The molecule has 29 heavy (non-hydrogen) atoms. The quantitative estimate of drug-likeness (QED) is 0.570. The maximum absolute atomic E-state index is 12.7. The van der Waals surface area contributed by atoms with Crippen molar-refractivity contribution in [1.29, 1.82) is 0 Å². The van der Waals surface area contributed by atoms with Gasteiger partial charge in [0.1, 0.15) is 0 Å². The van der Waals surface area contributed by atoms with Gasteiger partial charge in [0.05, 0.1) is 17.5 Å². The molecule has 0 saturated heterocycles. The van der Waals surface area contributed by atoms with Crippen LogP contribution in [0.4, 0.5) is 0 Å². The van der Waals surface area contributed by atoms with Gasteiger partial charge in [-0.15, -0.1) is 0 Å². The molecule has 0 radical (unpaired) electrons. The summed E-state index contributed by atoms with van der Waals surface area (Å²) >= 11 is 3.28. The van der Waals surface area contributed by atoms with E-state index in [1.165, 1.54) is 19.2 Å². The molecule has 1 atom stereocenters. The monoisotopic (exact) mass is 473 g/mol. The number of amides is 1. The third-order valence-electron chi connectivity index (χ3n) is 4.37. The van der Waals surface area contributed by atoms with Crippen LogP contribution in [0.25, 0.3) is 0 Å². The number of aromatic nitrogens is 1. The molecule has 3 rings (SSSR count). The topological polar surface area (TPSA) is 79.4 Å². The van der Waals surface area contributed by atoms with Crippen molar-refractivity contribution in [2.75, 3.05) is 13.6 Å². The van der Waals surface area contributed by atoms with E-state index in [1.807, 2.05) is 42.5 Å². The van der Waals surface area contributed by atoms with Gasteiger partial charge in [-0.05, 0) is 47.5 Å². The zero-order chi connectivity index (χ0) is 20.9. The van der Waals surface area contributed by atoms with E-state index in [4.69, 9.17) is 0 Å². The molecular weight excluding hydrogens is 454 g/mol. The van der Waals surface area contributed by atoms with Gasteiger partial charge in [-0.1, -0.05) is 46.3 Å². The number of hydrogen-bond acceptors (Lipinski definition) is 4. The Bertz CT molecular complexity index is 1020. The molecule has 1 heterocycles. The smallest absolute Gasteiger partial charge is 0.243 e. The Labute approximate surface area is 178 Å². The summed E-state index contributed by atoms with van der Waals surface area (Å²) in [6.45, 7) is -0.299. The highest BCUT2D eigenvalue weighted by Crippen LogP contribution is 2.22. The fourth-order valence-electron chi connectivity index (χ4n) is 2.84. The van der Waals surface area contributed by atoms with E-state index < -0.39 is 22.0 Å². The zero-order valence-electron chi connectivity index (χ0n) is 15.7. The Balaban J connectivity index is 1.77. The van der Waals surface area contributed by atoms with Crippen molar-refractivity contribution in [3.8, 4) is 0 Å². The molecule has 1 N–H and O–H groups in total. The fourth-order valence-corrected chi connectivity index (χ4v) is 4.23. The van der Waals surface area contributed by atoms with Gasteiger partial charge < -0.3 is 5.32 Å². The van der Waals surface area contributed by atoms with E-state index in [0.29, 0.717) is 0 Å². The molecule has 1 amide bonds. The number of pyridine rings is 1. The molecule has 0 aliphatic rings. The van der Waals surface area contributed by atoms with Crippen LogP contribution in [0, 0.1) is 0 Å². The molecule has 0 aliphatic heterocycles. The summed E-state index contributed by atoms with van der Waals surface area (Å²) in [5.41, 5.74) is 1.75.